The van der Waals surface area contributed by atoms with Crippen LogP contribution in [0.1, 0.15) is 44.2 Å². The zero-order valence-electron chi connectivity index (χ0n) is 18.4. The average Bonchev–Trinajstić information content (AvgIpc) is 3.31. The molecule has 0 aromatic heterocycles. The van der Waals surface area contributed by atoms with Gasteiger partial charge in [-0.3, -0.25) is 14.5 Å². The molecule has 168 valence electrons. The third-order valence-electron chi connectivity index (χ3n) is 6.02. The van der Waals surface area contributed by atoms with Gasteiger partial charge in [-0.2, -0.15) is 0 Å². The van der Waals surface area contributed by atoms with Crippen LogP contribution < -0.4 is 20.1 Å². The standard InChI is InChI=1S/C24H27N3O5/c1-4-15(2)17-6-8-18(9-7-17)25-21(28)13-27-22(29)24(3,26-23(27)30)12-16-5-10-19-20(11-16)32-14-31-19/h5-11,15H,4,12-14H2,1-3H3,(H,25,28)(H,26,30)/t15-,24+/m0/s1. The number of amides is 4. The Balaban J connectivity index is 1.39. The molecule has 2 aliphatic heterocycles. The van der Waals surface area contributed by atoms with Gasteiger partial charge in [-0.1, -0.05) is 32.0 Å². The summed E-state index contributed by atoms with van der Waals surface area (Å²) in [5.41, 5.74) is 1.48. The highest BCUT2D eigenvalue weighted by atomic mass is 16.7. The van der Waals surface area contributed by atoms with Crippen molar-refractivity contribution in [3.63, 3.8) is 0 Å². The maximum atomic E-state index is 13.0. The molecule has 0 spiro atoms. The number of nitrogens with one attached hydrogen (secondary N) is 2. The average molecular weight is 437 g/mol. The predicted octanol–water partition coefficient (Wildman–Crippen LogP) is 3.42. The minimum atomic E-state index is -1.15. The van der Waals surface area contributed by atoms with Gasteiger partial charge in [0.15, 0.2) is 11.5 Å². The molecule has 4 amide bonds. The Kier molecular flexibility index (Phi) is 5.78. The normalized spacial score (nSPS) is 20.3. The number of carbonyl (C=O) groups is 3. The summed E-state index contributed by atoms with van der Waals surface area (Å²) < 4.78 is 10.7. The molecule has 1 saturated heterocycles. The maximum absolute atomic E-state index is 13.0. The van der Waals surface area contributed by atoms with Gasteiger partial charge in [0.2, 0.25) is 12.7 Å². The number of hydrogen-bond donors (Lipinski definition) is 2. The van der Waals surface area contributed by atoms with Crippen molar-refractivity contribution >= 4 is 23.5 Å². The molecule has 8 heteroatoms. The van der Waals surface area contributed by atoms with Crippen molar-refractivity contribution in [1.29, 1.82) is 0 Å². The lowest BCUT2D eigenvalue weighted by atomic mass is 9.92. The van der Waals surface area contributed by atoms with Crippen LogP contribution in [0.2, 0.25) is 0 Å². The van der Waals surface area contributed by atoms with E-state index in [9.17, 15) is 14.4 Å². The van der Waals surface area contributed by atoms with Crippen LogP contribution in [0.15, 0.2) is 42.5 Å². The van der Waals surface area contributed by atoms with Crippen molar-refractivity contribution in [2.45, 2.75) is 45.1 Å². The lowest BCUT2D eigenvalue weighted by Crippen LogP contribution is -2.46. The number of hydrogen-bond acceptors (Lipinski definition) is 5. The van der Waals surface area contributed by atoms with E-state index >= 15 is 0 Å². The third kappa shape index (κ3) is 4.26. The highest BCUT2D eigenvalue weighted by molar-refractivity contribution is 6.10. The number of imide groups is 1. The first kappa shape index (κ1) is 21.7. The summed E-state index contributed by atoms with van der Waals surface area (Å²) >= 11 is 0. The van der Waals surface area contributed by atoms with Crippen molar-refractivity contribution in [3.8, 4) is 11.5 Å². The van der Waals surface area contributed by atoms with E-state index in [2.05, 4.69) is 24.5 Å². The van der Waals surface area contributed by atoms with Gasteiger partial charge in [-0.15, -0.1) is 0 Å². The van der Waals surface area contributed by atoms with Crippen molar-refractivity contribution in [2.24, 2.45) is 0 Å². The van der Waals surface area contributed by atoms with E-state index in [1.54, 1.807) is 19.1 Å². The van der Waals surface area contributed by atoms with Gasteiger partial charge >= 0.3 is 6.03 Å². The number of nitrogens with zero attached hydrogens (tertiary/aromatic N) is 1. The first-order valence-corrected chi connectivity index (χ1v) is 10.7. The fourth-order valence-electron chi connectivity index (χ4n) is 3.94. The van der Waals surface area contributed by atoms with E-state index in [-0.39, 0.29) is 19.8 Å². The Morgan fingerprint density at radius 3 is 2.59 bits per heavy atom. The molecule has 2 aromatic carbocycles. The molecule has 4 rings (SSSR count). The van der Waals surface area contributed by atoms with E-state index in [0.29, 0.717) is 23.1 Å². The van der Waals surface area contributed by atoms with Crippen molar-refractivity contribution in [3.05, 3.63) is 53.6 Å². The molecule has 0 saturated carbocycles. The molecule has 2 aliphatic rings. The summed E-state index contributed by atoms with van der Waals surface area (Å²) in [6, 6.07) is 12.4. The first-order chi connectivity index (χ1) is 15.3. The van der Waals surface area contributed by atoms with Crippen LogP contribution in [-0.4, -0.2) is 41.6 Å². The zero-order chi connectivity index (χ0) is 22.9. The molecule has 2 atom stereocenters. The van der Waals surface area contributed by atoms with E-state index < -0.39 is 23.4 Å². The van der Waals surface area contributed by atoms with Gasteiger partial charge in [0.1, 0.15) is 12.1 Å². The largest absolute Gasteiger partial charge is 0.454 e. The second-order valence-corrected chi connectivity index (χ2v) is 8.50. The summed E-state index contributed by atoms with van der Waals surface area (Å²) in [5, 5.41) is 5.48. The minimum Gasteiger partial charge on any atom is -0.454 e. The summed E-state index contributed by atoms with van der Waals surface area (Å²) in [6.07, 6.45) is 1.30. The third-order valence-corrected chi connectivity index (χ3v) is 6.02. The number of ether oxygens (including phenoxy) is 2. The summed E-state index contributed by atoms with van der Waals surface area (Å²) in [6.45, 7) is 5.73. The number of carbonyl (C=O) groups excluding carboxylic acids is 3. The molecular weight excluding hydrogens is 410 g/mol. The SMILES string of the molecule is CC[C@H](C)c1ccc(NC(=O)CN2C(=O)N[C@](C)(Cc3ccc4c(c3)OCO4)C2=O)cc1. The van der Waals surface area contributed by atoms with Crippen LogP contribution >= 0.6 is 0 Å². The van der Waals surface area contributed by atoms with E-state index in [4.69, 9.17) is 9.47 Å². The fourth-order valence-corrected chi connectivity index (χ4v) is 3.94. The van der Waals surface area contributed by atoms with Crippen LogP contribution in [0.4, 0.5) is 10.5 Å². The first-order valence-electron chi connectivity index (χ1n) is 10.7. The molecule has 0 bridgehead atoms. The number of fused-ring (bicyclic) bond motifs is 1. The highest BCUT2D eigenvalue weighted by Gasteiger charge is 2.48. The van der Waals surface area contributed by atoms with Gasteiger partial charge in [0.25, 0.3) is 5.91 Å². The van der Waals surface area contributed by atoms with Crippen LogP contribution in [-0.2, 0) is 16.0 Å². The monoisotopic (exact) mass is 437 g/mol. The van der Waals surface area contributed by atoms with Gasteiger partial charge in [0.05, 0.1) is 0 Å². The Labute approximate surface area is 186 Å². The molecule has 32 heavy (non-hydrogen) atoms. The Morgan fingerprint density at radius 1 is 1.16 bits per heavy atom. The van der Waals surface area contributed by atoms with Gasteiger partial charge in [0, 0.05) is 12.1 Å². The Morgan fingerprint density at radius 2 is 1.88 bits per heavy atom. The number of urea groups is 1. The lowest BCUT2D eigenvalue weighted by molar-refractivity contribution is -0.133. The Bertz CT molecular complexity index is 1050. The topological polar surface area (TPSA) is 97.0 Å². The highest BCUT2D eigenvalue weighted by Crippen LogP contribution is 2.34. The van der Waals surface area contributed by atoms with Gasteiger partial charge in [-0.05, 0) is 54.7 Å². The molecule has 0 radical (unpaired) electrons. The van der Waals surface area contributed by atoms with E-state index in [0.717, 1.165) is 16.9 Å². The van der Waals surface area contributed by atoms with Crippen LogP contribution in [0.25, 0.3) is 0 Å². The molecule has 8 nitrogen and oxygen atoms in total. The quantitative estimate of drug-likeness (QED) is 0.647. The molecule has 1 fully saturated rings. The molecular formula is C24H27N3O5. The molecule has 0 aliphatic carbocycles. The summed E-state index contributed by atoms with van der Waals surface area (Å²) in [7, 11) is 0. The van der Waals surface area contributed by atoms with Crippen LogP contribution in [0.3, 0.4) is 0 Å². The molecule has 2 heterocycles. The minimum absolute atomic E-state index is 0.162. The summed E-state index contributed by atoms with van der Waals surface area (Å²) in [5.74, 6) is 0.822. The smallest absolute Gasteiger partial charge is 0.325 e. The zero-order valence-corrected chi connectivity index (χ0v) is 18.4. The maximum Gasteiger partial charge on any atom is 0.325 e. The van der Waals surface area contributed by atoms with Gasteiger partial charge < -0.3 is 20.1 Å². The van der Waals surface area contributed by atoms with Crippen molar-refractivity contribution < 1.29 is 23.9 Å². The second kappa shape index (κ2) is 8.53. The lowest BCUT2D eigenvalue weighted by Gasteiger charge is -2.22. The number of rotatable bonds is 7. The van der Waals surface area contributed by atoms with E-state index in [1.807, 2.05) is 30.3 Å². The van der Waals surface area contributed by atoms with Crippen molar-refractivity contribution in [2.75, 3.05) is 18.7 Å². The molecule has 0 unspecified atom stereocenters. The van der Waals surface area contributed by atoms with Crippen LogP contribution in [0, 0.1) is 0 Å². The summed E-state index contributed by atoms with van der Waals surface area (Å²) in [4.78, 5) is 39.0. The van der Waals surface area contributed by atoms with Crippen molar-refractivity contribution in [1.82, 2.24) is 10.2 Å². The Hall–Kier alpha value is -3.55. The number of benzene rings is 2. The van der Waals surface area contributed by atoms with Crippen LogP contribution in [0.5, 0.6) is 11.5 Å². The second-order valence-electron chi connectivity index (χ2n) is 8.50. The molecule has 2 aromatic rings. The number of anilines is 1. The molecule has 2 N–H and O–H groups in total. The van der Waals surface area contributed by atoms with E-state index in [1.165, 1.54) is 5.56 Å². The van der Waals surface area contributed by atoms with Gasteiger partial charge in [-0.25, -0.2) is 4.79 Å². The predicted molar refractivity (Wildman–Crippen MR) is 119 cm³/mol. The fraction of sp³-hybridized carbons (Fsp3) is 0.375.